The van der Waals surface area contributed by atoms with Gasteiger partial charge in [0.05, 0.1) is 29.9 Å². The second-order valence-corrected chi connectivity index (χ2v) is 11.1. The Kier molecular flexibility index (Phi) is 8.13. The van der Waals surface area contributed by atoms with Gasteiger partial charge in [0.2, 0.25) is 11.6 Å². The van der Waals surface area contributed by atoms with Crippen molar-refractivity contribution in [3.63, 3.8) is 0 Å². The van der Waals surface area contributed by atoms with Crippen LogP contribution < -0.4 is 15.2 Å². The maximum atomic E-state index is 15.5. The fourth-order valence-corrected chi connectivity index (χ4v) is 4.95. The van der Waals surface area contributed by atoms with Crippen LogP contribution in [0, 0.1) is 23.0 Å². The van der Waals surface area contributed by atoms with E-state index in [0.29, 0.717) is 35.6 Å². The van der Waals surface area contributed by atoms with Crippen LogP contribution in [0.25, 0.3) is 0 Å². The first kappa shape index (κ1) is 28.6. The third-order valence-corrected chi connectivity index (χ3v) is 7.32. The molecule has 1 unspecified atom stereocenters. The summed E-state index contributed by atoms with van der Waals surface area (Å²) in [6, 6.07) is 9.24. The number of ether oxygens (including phenoxy) is 2. The topological polar surface area (TPSA) is 154 Å². The van der Waals surface area contributed by atoms with Crippen LogP contribution >= 0.6 is 11.8 Å². The molecule has 0 bridgehead atoms. The number of carboxylic acid groups (broad SMARTS) is 1. The Morgan fingerprint density at radius 1 is 1.23 bits per heavy atom. The van der Waals surface area contributed by atoms with E-state index in [2.05, 4.69) is 9.98 Å². The number of aromatic nitrogens is 1. The van der Waals surface area contributed by atoms with Gasteiger partial charge >= 0.3 is 5.97 Å². The standard InChI is InChI=1S/C27H25F2N5O5S/c1-27(2,23(31)26(36)37)40-15-5-7-19(16(11-15)24-32-8-9-34(24)3)38-22-17(28)13-33-25(21(22)29)39-20-10-14(12-30)4-6-18(20)35/h4-7,10-11,13,23,35H,8-9,31H2,1-3H3,(H,36,37). The minimum atomic E-state index is -1.28. The van der Waals surface area contributed by atoms with Gasteiger partial charge in [0, 0.05) is 29.3 Å². The van der Waals surface area contributed by atoms with E-state index in [-0.39, 0.29) is 22.8 Å². The van der Waals surface area contributed by atoms with Gasteiger partial charge in [0.1, 0.15) is 17.6 Å². The molecule has 10 nitrogen and oxygen atoms in total. The molecule has 0 saturated carbocycles. The Bertz CT molecular complexity index is 1540. The lowest BCUT2D eigenvalue weighted by Crippen LogP contribution is -2.46. The lowest BCUT2D eigenvalue weighted by molar-refractivity contribution is -0.139. The Balaban J connectivity index is 1.72. The monoisotopic (exact) mass is 569 g/mol. The molecule has 1 aliphatic heterocycles. The van der Waals surface area contributed by atoms with Crippen LogP contribution in [0.4, 0.5) is 8.78 Å². The van der Waals surface area contributed by atoms with Gasteiger partial charge in [0.15, 0.2) is 17.3 Å². The molecule has 0 fully saturated rings. The summed E-state index contributed by atoms with van der Waals surface area (Å²) in [6.45, 7) is 4.52. The van der Waals surface area contributed by atoms with Crippen molar-refractivity contribution in [2.45, 2.75) is 29.5 Å². The normalized spacial score (nSPS) is 13.9. The number of aliphatic carboxylic acids is 1. The number of amidine groups is 1. The van der Waals surface area contributed by atoms with Crippen LogP contribution in [0.1, 0.15) is 25.0 Å². The van der Waals surface area contributed by atoms with E-state index in [1.807, 2.05) is 11.0 Å². The SMILES string of the molecule is CN1CCN=C1c1cc(SC(C)(C)C(N)C(=O)O)ccc1Oc1c(F)cnc(Oc2cc(C#N)ccc2O)c1F. The molecule has 0 radical (unpaired) electrons. The highest BCUT2D eigenvalue weighted by molar-refractivity contribution is 8.00. The van der Waals surface area contributed by atoms with Crippen LogP contribution in [0.2, 0.25) is 0 Å². The number of carbonyl (C=O) groups is 1. The third-order valence-electron chi connectivity index (χ3n) is 6.05. The van der Waals surface area contributed by atoms with E-state index in [9.17, 15) is 19.4 Å². The molecule has 0 aliphatic carbocycles. The van der Waals surface area contributed by atoms with Crippen molar-refractivity contribution in [3.05, 3.63) is 65.4 Å². The van der Waals surface area contributed by atoms with Gasteiger partial charge in [-0.15, -0.1) is 11.8 Å². The van der Waals surface area contributed by atoms with Crippen LogP contribution in [0.15, 0.2) is 52.5 Å². The first-order chi connectivity index (χ1) is 18.9. The summed E-state index contributed by atoms with van der Waals surface area (Å²) in [4.78, 5) is 22.1. The molecule has 40 heavy (non-hydrogen) atoms. The number of nitrogens with two attached hydrogens (primary N) is 1. The van der Waals surface area contributed by atoms with Crippen LogP contribution in [-0.2, 0) is 4.79 Å². The van der Waals surface area contributed by atoms with E-state index < -0.39 is 40.0 Å². The summed E-state index contributed by atoms with van der Waals surface area (Å²) >= 11 is 1.23. The van der Waals surface area contributed by atoms with E-state index in [4.69, 9.17) is 20.5 Å². The van der Waals surface area contributed by atoms with E-state index in [1.54, 1.807) is 33.0 Å². The lowest BCUT2D eigenvalue weighted by atomic mass is 10.1. The third kappa shape index (κ3) is 5.93. The second-order valence-electron chi connectivity index (χ2n) is 9.36. The Labute approximate surface area is 232 Å². The zero-order chi connectivity index (χ0) is 29.2. The quantitative estimate of drug-likeness (QED) is 0.314. The predicted octanol–water partition coefficient (Wildman–Crippen LogP) is 4.50. The summed E-state index contributed by atoms with van der Waals surface area (Å²) in [5.41, 5.74) is 6.44. The molecule has 4 rings (SSSR count). The summed E-state index contributed by atoms with van der Waals surface area (Å²) < 4.78 is 40.5. The average Bonchev–Trinajstić information content (AvgIpc) is 3.34. The minimum absolute atomic E-state index is 0.0708. The van der Waals surface area contributed by atoms with E-state index in [0.717, 1.165) is 0 Å². The van der Waals surface area contributed by atoms with Crippen molar-refractivity contribution < 1.29 is 33.3 Å². The number of pyridine rings is 1. The molecule has 2 heterocycles. The van der Waals surface area contributed by atoms with Crippen LogP contribution in [-0.4, -0.2) is 62.8 Å². The molecule has 1 aromatic heterocycles. The van der Waals surface area contributed by atoms with Crippen molar-refractivity contribution in [2.75, 3.05) is 20.1 Å². The number of carboxylic acids is 1. The van der Waals surface area contributed by atoms with Crippen LogP contribution in [0.3, 0.4) is 0 Å². The minimum Gasteiger partial charge on any atom is -0.504 e. The average molecular weight is 570 g/mol. The fourth-order valence-electron chi connectivity index (χ4n) is 3.80. The molecule has 2 aromatic carbocycles. The molecule has 1 atom stereocenters. The number of aliphatic imine (C=N–C) groups is 1. The van der Waals surface area contributed by atoms with Gasteiger partial charge in [0.25, 0.3) is 5.88 Å². The molecule has 208 valence electrons. The van der Waals surface area contributed by atoms with Crippen LogP contribution in [0.5, 0.6) is 28.9 Å². The number of nitriles is 1. The first-order valence-corrected chi connectivity index (χ1v) is 12.7. The highest BCUT2D eigenvalue weighted by Gasteiger charge is 2.34. The summed E-state index contributed by atoms with van der Waals surface area (Å²) in [5.74, 6) is -5.08. The number of halogens is 2. The Hall–Kier alpha value is -4.41. The molecule has 0 amide bonds. The summed E-state index contributed by atoms with van der Waals surface area (Å²) in [6.07, 6.45) is 0.706. The Morgan fingerprint density at radius 3 is 2.62 bits per heavy atom. The lowest BCUT2D eigenvalue weighted by Gasteiger charge is -2.28. The number of rotatable bonds is 9. The van der Waals surface area contributed by atoms with Crippen molar-refractivity contribution >= 4 is 23.6 Å². The largest absolute Gasteiger partial charge is 0.504 e. The predicted molar refractivity (Wildman–Crippen MR) is 143 cm³/mol. The zero-order valence-corrected chi connectivity index (χ0v) is 22.5. The van der Waals surface area contributed by atoms with Gasteiger partial charge in [-0.05, 0) is 44.2 Å². The number of likely N-dealkylation sites (N-methyl/N-ethyl adjacent to an activating group) is 1. The molecule has 4 N–H and O–H groups in total. The molecule has 3 aromatic rings. The number of aromatic hydroxyl groups is 1. The maximum absolute atomic E-state index is 15.5. The van der Waals surface area contributed by atoms with E-state index >= 15 is 4.39 Å². The smallest absolute Gasteiger partial charge is 0.321 e. The number of hydrogen-bond donors (Lipinski definition) is 3. The number of hydrogen-bond acceptors (Lipinski definition) is 10. The highest BCUT2D eigenvalue weighted by atomic mass is 32.2. The number of phenols is 1. The van der Waals surface area contributed by atoms with E-state index in [1.165, 1.54) is 36.0 Å². The molecule has 13 heteroatoms. The summed E-state index contributed by atoms with van der Waals surface area (Å²) in [7, 11) is 1.81. The van der Waals surface area contributed by atoms with Crippen molar-refractivity contribution in [1.82, 2.24) is 9.88 Å². The van der Waals surface area contributed by atoms with Gasteiger partial charge in [-0.1, -0.05) is 0 Å². The number of thioether (sulfide) groups is 1. The number of phenolic OH excluding ortho intramolecular Hbond substituents is 1. The van der Waals surface area contributed by atoms with Gasteiger partial charge in [-0.2, -0.15) is 9.65 Å². The van der Waals surface area contributed by atoms with Gasteiger partial charge in [-0.3, -0.25) is 9.79 Å². The van der Waals surface area contributed by atoms with Gasteiger partial charge < -0.3 is 30.3 Å². The molecular formula is C27H25F2N5O5S. The number of nitrogens with zero attached hydrogens (tertiary/aromatic N) is 4. The molecule has 1 aliphatic rings. The molecule has 0 spiro atoms. The fraction of sp³-hybridized carbons (Fsp3) is 0.259. The van der Waals surface area contributed by atoms with Gasteiger partial charge in [-0.25, -0.2) is 9.37 Å². The highest BCUT2D eigenvalue weighted by Crippen LogP contribution is 2.40. The Morgan fingerprint density at radius 2 is 1.98 bits per heavy atom. The summed E-state index contributed by atoms with van der Waals surface area (Å²) in [5, 5.41) is 28.5. The maximum Gasteiger partial charge on any atom is 0.321 e. The first-order valence-electron chi connectivity index (χ1n) is 11.9. The van der Waals surface area contributed by atoms with Crippen molar-refractivity contribution in [2.24, 2.45) is 10.7 Å². The van der Waals surface area contributed by atoms with Crippen molar-refractivity contribution in [1.29, 1.82) is 5.26 Å². The zero-order valence-electron chi connectivity index (χ0n) is 21.7. The second kappa shape index (κ2) is 11.4. The molecular weight excluding hydrogens is 544 g/mol. The number of benzene rings is 2. The molecule has 0 saturated heterocycles. The van der Waals surface area contributed by atoms with Crippen molar-refractivity contribution in [3.8, 4) is 34.9 Å².